The van der Waals surface area contributed by atoms with Gasteiger partial charge in [0, 0.05) is 59.0 Å². The third-order valence-corrected chi connectivity index (χ3v) is 12.1. The molecule has 1 aliphatic heterocycles. The van der Waals surface area contributed by atoms with Gasteiger partial charge in [0.25, 0.3) is 0 Å². The van der Waals surface area contributed by atoms with E-state index in [0.717, 1.165) is 5.69 Å². The van der Waals surface area contributed by atoms with Crippen LogP contribution in [-0.4, -0.2) is 13.7 Å². The van der Waals surface area contributed by atoms with E-state index in [1.54, 1.807) is 0 Å². The summed E-state index contributed by atoms with van der Waals surface area (Å²) in [6.45, 7) is 0. The second-order valence-electron chi connectivity index (χ2n) is 13.7. The average molecular weight is 680 g/mol. The highest BCUT2D eigenvalue weighted by Gasteiger charge is 2.24. The zero-order chi connectivity index (χ0) is 33.9. The minimum Gasteiger partial charge on any atom is -0.309 e. The van der Waals surface area contributed by atoms with E-state index in [1.165, 1.54) is 97.7 Å². The summed E-state index contributed by atoms with van der Waals surface area (Å²) in [6.07, 6.45) is 0. The van der Waals surface area contributed by atoms with Crippen molar-refractivity contribution in [1.29, 1.82) is 0 Å². The Morgan fingerprint density at radius 3 is 1.58 bits per heavy atom. The molecule has 0 aliphatic carbocycles. The highest BCUT2D eigenvalue weighted by atomic mass is 32.2. The van der Waals surface area contributed by atoms with Gasteiger partial charge in [0.05, 0.1) is 38.8 Å². The molecule has 0 N–H and O–H groups in total. The second-order valence-corrected chi connectivity index (χ2v) is 14.8. The van der Waals surface area contributed by atoms with Gasteiger partial charge in [-0.25, -0.2) is 0 Å². The third-order valence-electron chi connectivity index (χ3n) is 11.0. The lowest BCUT2D eigenvalue weighted by molar-refractivity contribution is 1.09. The first kappa shape index (κ1) is 28.2. The van der Waals surface area contributed by atoms with E-state index in [4.69, 9.17) is 0 Å². The van der Waals surface area contributed by atoms with Gasteiger partial charge in [0.1, 0.15) is 0 Å². The Kier molecular flexibility index (Phi) is 5.71. The molecule has 0 saturated carbocycles. The highest BCUT2D eigenvalue weighted by Crippen LogP contribution is 2.48. The summed E-state index contributed by atoms with van der Waals surface area (Å²) >= 11 is 1.87. The smallest absolute Gasteiger partial charge is 0.0681 e. The molecule has 12 rings (SSSR count). The van der Waals surface area contributed by atoms with Crippen LogP contribution < -0.4 is 0 Å². The lowest BCUT2D eigenvalue weighted by Gasteiger charge is -2.20. The molecular weight excluding hydrogens is 651 g/mol. The van der Waals surface area contributed by atoms with Gasteiger partial charge in [-0.15, -0.1) is 0 Å². The van der Waals surface area contributed by atoms with Crippen molar-refractivity contribution < 1.29 is 0 Å². The van der Waals surface area contributed by atoms with E-state index < -0.39 is 0 Å². The van der Waals surface area contributed by atoms with Gasteiger partial charge in [-0.05, 0) is 72.3 Å². The molecule has 3 nitrogen and oxygen atoms in total. The predicted molar refractivity (Wildman–Crippen MR) is 219 cm³/mol. The van der Waals surface area contributed by atoms with Crippen LogP contribution in [0.2, 0.25) is 0 Å². The zero-order valence-corrected chi connectivity index (χ0v) is 28.8. The maximum absolute atomic E-state index is 2.50. The van der Waals surface area contributed by atoms with Crippen molar-refractivity contribution in [3.8, 4) is 28.2 Å². The molecule has 0 atom stereocenters. The molecule has 0 unspecified atom stereocenters. The molecule has 11 aromatic rings. The Labute approximate surface area is 303 Å². The molecule has 1 aliphatic rings. The summed E-state index contributed by atoms with van der Waals surface area (Å²) < 4.78 is 7.32. The van der Waals surface area contributed by atoms with Crippen molar-refractivity contribution >= 4 is 77.2 Å². The SMILES string of the molecule is c1ccc2c(c1)Sc1cccc3c4cccc(-c5ccc(-n6c7ccccc7c7cc(-n8c9ccccc9c9ccccc98)ccc76)cc5)c4n-2c13. The molecule has 0 saturated heterocycles. The van der Waals surface area contributed by atoms with Crippen LogP contribution in [0.1, 0.15) is 0 Å². The van der Waals surface area contributed by atoms with E-state index in [0.29, 0.717) is 0 Å². The maximum Gasteiger partial charge on any atom is 0.0681 e. The van der Waals surface area contributed by atoms with Gasteiger partial charge >= 0.3 is 0 Å². The molecule has 0 amide bonds. The van der Waals surface area contributed by atoms with Crippen LogP contribution >= 0.6 is 11.8 Å². The average Bonchev–Trinajstić information content (AvgIpc) is 3.85. The van der Waals surface area contributed by atoms with Crippen LogP contribution in [-0.2, 0) is 0 Å². The number of benzene rings is 8. The normalized spacial score (nSPS) is 12.5. The topological polar surface area (TPSA) is 14.8 Å². The number of rotatable bonds is 3. The maximum atomic E-state index is 2.50. The van der Waals surface area contributed by atoms with Gasteiger partial charge < -0.3 is 13.7 Å². The minimum atomic E-state index is 1.15. The Morgan fingerprint density at radius 1 is 0.327 bits per heavy atom. The molecule has 0 radical (unpaired) electrons. The predicted octanol–water partition coefficient (Wildman–Crippen LogP) is 13.1. The summed E-state index contributed by atoms with van der Waals surface area (Å²) in [5.41, 5.74) is 13.4. The van der Waals surface area contributed by atoms with Gasteiger partial charge in [0.2, 0.25) is 0 Å². The van der Waals surface area contributed by atoms with E-state index in [2.05, 4.69) is 190 Å². The van der Waals surface area contributed by atoms with Crippen molar-refractivity contribution in [2.75, 3.05) is 0 Å². The van der Waals surface area contributed by atoms with E-state index >= 15 is 0 Å². The standard InChI is InChI=1S/C48H29N3S/c1-4-17-40-34(11-1)35-12-2-5-18-41(35)50(40)32-27-28-43-39(29-32)36-13-3-6-19-42(36)49(43)31-25-23-30(24-26-31)33-14-9-15-37-38-16-10-22-46-48(38)51(47(33)37)44-20-7-8-21-45(44)52-46/h1-29H. The first-order valence-electron chi connectivity index (χ1n) is 17.8. The summed E-state index contributed by atoms with van der Waals surface area (Å²) in [6, 6.07) is 64.6. The Hall–Kier alpha value is -6.49. The van der Waals surface area contributed by atoms with Crippen molar-refractivity contribution in [3.63, 3.8) is 0 Å². The Morgan fingerprint density at radius 2 is 0.846 bits per heavy atom. The molecule has 4 heterocycles. The van der Waals surface area contributed by atoms with Crippen LogP contribution in [0, 0.1) is 0 Å². The fraction of sp³-hybridized carbons (Fsp3) is 0. The van der Waals surface area contributed by atoms with E-state index in [-0.39, 0.29) is 0 Å². The molecule has 0 fully saturated rings. The fourth-order valence-corrected chi connectivity index (χ4v) is 9.95. The summed E-state index contributed by atoms with van der Waals surface area (Å²) in [7, 11) is 0. The zero-order valence-electron chi connectivity index (χ0n) is 28.0. The molecular formula is C48H29N3S. The monoisotopic (exact) mass is 679 g/mol. The van der Waals surface area contributed by atoms with E-state index in [9.17, 15) is 0 Å². The number of aromatic nitrogens is 3. The Balaban J connectivity index is 1.04. The molecule has 0 spiro atoms. The van der Waals surface area contributed by atoms with Crippen molar-refractivity contribution in [1.82, 2.24) is 13.7 Å². The largest absolute Gasteiger partial charge is 0.309 e. The quantitative estimate of drug-likeness (QED) is 0.181. The first-order chi connectivity index (χ1) is 25.8. The first-order valence-corrected chi connectivity index (χ1v) is 18.6. The number of nitrogens with zero attached hydrogens (tertiary/aromatic N) is 3. The molecule has 4 heteroatoms. The van der Waals surface area contributed by atoms with Gasteiger partial charge in [-0.2, -0.15) is 0 Å². The Bertz CT molecular complexity index is 3210. The molecule has 52 heavy (non-hydrogen) atoms. The summed E-state index contributed by atoms with van der Waals surface area (Å²) in [5.74, 6) is 0. The number of hydrogen-bond acceptors (Lipinski definition) is 1. The van der Waals surface area contributed by atoms with E-state index in [1.807, 2.05) is 11.8 Å². The summed E-state index contributed by atoms with van der Waals surface area (Å²) in [5, 5.41) is 7.64. The molecule has 3 aromatic heterocycles. The lowest BCUT2D eigenvalue weighted by atomic mass is 10.0. The molecule has 0 bridgehead atoms. The fourth-order valence-electron chi connectivity index (χ4n) is 8.86. The van der Waals surface area contributed by atoms with Gasteiger partial charge in [0.15, 0.2) is 0 Å². The van der Waals surface area contributed by atoms with Gasteiger partial charge in [-0.3, -0.25) is 0 Å². The number of fused-ring (bicyclic) bond motifs is 11. The van der Waals surface area contributed by atoms with Crippen LogP contribution in [0.3, 0.4) is 0 Å². The van der Waals surface area contributed by atoms with Crippen LogP contribution in [0.4, 0.5) is 0 Å². The lowest BCUT2D eigenvalue weighted by Crippen LogP contribution is -2.02. The van der Waals surface area contributed by atoms with Crippen LogP contribution in [0.5, 0.6) is 0 Å². The number of para-hydroxylation sites is 6. The van der Waals surface area contributed by atoms with Crippen molar-refractivity contribution in [2.24, 2.45) is 0 Å². The number of hydrogen-bond donors (Lipinski definition) is 0. The molecule has 242 valence electrons. The van der Waals surface area contributed by atoms with Gasteiger partial charge in [-0.1, -0.05) is 121 Å². The highest BCUT2D eigenvalue weighted by molar-refractivity contribution is 7.99. The van der Waals surface area contributed by atoms with Crippen LogP contribution in [0.25, 0.3) is 93.6 Å². The van der Waals surface area contributed by atoms with Crippen LogP contribution in [0.15, 0.2) is 186 Å². The third kappa shape index (κ3) is 3.77. The second kappa shape index (κ2) is 10.5. The van der Waals surface area contributed by atoms with Crippen molar-refractivity contribution in [3.05, 3.63) is 176 Å². The molecule has 8 aromatic carbocycles. The minimum absolute atomic E-state index is 1.15. The van der Waals surface area contributed by atoms with Crippen molar-refractivity contribution in [2.45, 2.75) is 9.79 Å². The summed E-state index contributed by atoms with van der Waals surface area (Å²) in [4.78, 5) is 2.60.